The van der Waals surface area contributed by atoms with Crippen molar-refractivity contribution in [1.82, 2.24) is 0 Å². The second-order valence-electron chi connectivity index (χ2n) is 34.8. The van der Waals surface area contributed by atoms with Crippen molar-refractivity contribution in [3.05, 3.63) is 0 Å². The average Bonchev–Trinajstić information content (AvgIpc) is 1.54. The third-order valence-electron chi connectivity index (χ3n) is 28.1. The Bertz CT molecular complexity index is 3120. The summed E-state index contributed by atoms with van der Waals surface area (Å²) in [5, 5.41) is 268. The fraction of sp³-hybridized carbons (Fsp3) is 1.00. The molecule has 0 bridgehead atoms. The highest BCUT2D eigenvalue weighted by atomic mass is 16.8. The van der Waals surface area contributed by atoms with E-state index in [4.69, 9.17) is 85.3 Å². The van der Waals surface area contributed by atoms with Crippen LogP contribution in [0.1, 0.15) is 85.5 Å². The Hall–Kier alpha value is -1.68. The van der Waals surface area contributed by atoms with E-state index in [0.29, 0.717) is 43.1 Å². The summed E-state index contributed by atoms with van der Waals surface area (Å²) in [5.74, 6) is 1.68. The van der Waals surface area contributed by atoms with Gasteiger partial charge >= 0.3 is 0 Å². The number of hydrogen-bond acceptors (Lipinski definition) is 42. The van der Waals surface area contributed by atoms with Crippen LogP contribution in [-0.2, 0) is 85.3 Å². The molecule has 14 fully saturated rings. The van der Waals surface area contributed by atoms with E-state index >= 15 is 0 Å². The maximum atomic E-state index is 12.5. The van der Waals surface area contributed by atoms with Gasteiger partial charge in [-0.25, -0.2) is 0 Å². The zero-order valence-corrected chi connectivity index (χ0v) is 64.0. The molecule has 115 heavy (non-hydrogen) atoms. The summed E-state index contributed by atoms with van der Waals surface area (Å²) in [5.41, 5.74) is -0.253. The van der Waals surface area contributed by atoms with Crippen molar-refractivity contribution < 1.29 is 208 Å². The summed E-state index contributed by atoms with van der Waals surface area (Å²) in [6, 6.07) is 0. The maximum Gasteiger partial charge on any atom is 0.187 e. The highest BCUT2D eigenvalue weighted by Crippen LogP contribution is 2.72. The molecule has 14 aliphatic rings. The zero-order valence-electron chi connectivity index (χ0n) is 64.0. The third kappa shape index (κ3) is 16.6. The average molecular weight is 1670 g/mol. The van der Waals surface area contributed by atoms with Gasteiger partial charge in [-0.2, -0.15) is 0 Å². The minimum Gasteiger partial charge on any atom is -0.394 e. The lowest BCUT2D eigenvalue weighted by molar-refractivity contribution is -0.412. The molecular weight excluding hydrogens is 1550 g/mol. The van der Waals surface area contributed by atoms with E-state index in [9.17, 15) is 123 Å². The second-order valence-corrected chi connectivity index (χ2v) is 34.8. The summed E-state index contributed by atoms with van der Waals surface area (Å²) in [4.78, 5) is 0. The van der Waals surface area contributed by atoms with Gasteiger partial charge in [0.05, 0.1) is 77.8 Å². The van der Waals surface area contributed by atoms with Gasteiger partial charge in [-0.1, -0.05) is 27.7 Å². The van der Waals surface area contributed by atoms with Crippen LogP contribution in [0.15, 0.2) is 0 Å². The minimum absolute atomic E-state index is 0.0465. The molecular formula is C73H120O42. The molecule has 0 aromatic heterocycles. The van der Waals surface area contributed by atoms with Crippen LogP contribution in [-0.4, -0.2) is 440 Å². The molecule has 0 aromatic rings. The zero-order chi connectivity index (χ0) is 82.7. The first-order valence-electron chi connectivity index (χ1n) is 40.3. The normalized spacial score (nSPS) is 56.7. The lowest BCUT2D eigenvalue weighted by Crippen LogP contribution is -2.69. The van der Waals surface area contributed by atoms with Crippen molar-refractivity contribution in [2.45, 2.75) is 343 Å². The fourth-order valence-corrected chi connectivity index (χ4v) is 21.5. The Kier molecular flexibility index (Phi) is 28.1. The quantitative estimate of drug-likeness (QED) is 0.0399. The van der Waals surface area contributed by atoms with E-state index in [1.54, 1.807) is 0 Å². The predicted octanol–water partition coefficient (Wildman–Crippen LogP) is -11.4. The number of aliphatic hydroxyl groups is 24. The molecule has 10 aliphatic heterocycles. The molecule has 4 saturated carbocycles. The maximum absolute atomic E-state index is 12.5. The molecule has 10 heterocycles. The van der Waals surface area contributed by atoms with E-state index < -0.39 is 304 Å². The van der Waals surface area contributed by atoms with Crippen LogP contribution >= 0.6 is 0 Å². The summed E-state index contributed by atoms with van der Waals surface area (Å²) in [6.07, 6.45) is -70.9. The topological polar surface area (TPSA) is 652 Å². The molecule has 24 N–H and O–H groups in total. The molecule has 42 nitrogen and oxygen atoms in total. The number of hydrogen-bond donors (Lipinski definition) is 24. The molecule has 0 unspecified atom stereocenters. The Morgan fingerprint density at radius 1 is 0.339 bits per heavy atom. The number of fused-ring (bicyclic) bond motifs is 7. The molecule has 51 atom stereocenters. The smallest absolute Gasteiger partial charge is 0.187 e. The largest absolute Gasteiger partial charge is 0.394 e. The summed E-state index contributed by atoms with van der Waals surface area (Å²) in [6.45, 7) is 2.31. The first-order chi connectivity index (χ1) is 54.7. The van der Waals surface area contributed by atoms with Crippen LogP contribution < -0.4 is 0 Å². The van der Waals surface area contributed by atoms with Crippen LogP contribution in [0.25, 0.3) is 0 Å². The molecule has 10 saturated heterocycles. The van der Waals surface area contributed by atoms with E-state index in [0.717, 1.165) is 44.9 Å². The lowest BCUT2D eigenvalue weighted by Gasteiger charge is -2.62. The molecule has 4 aliphatic carbocycles. The van der Waals surface area contributed by atoms with Gasteiger partial charge in [-0.05, 0) is 97.7 Å². The third-order valence-corrected chi connectivity index (χ3v) is 28.1. The monoisotopic (exact) mass is 1670 g/mol. The lowest BCUT2D eigenvalue weighted by atomic mass is 9.44. The van der Waals surface area contributed by atoms with Crippen LogP contribution in [0, 0.1) is 52.3 Å². The van der Waals surface area contributed by atoms with Gasteiger partial charge in [0.15, 0.2) is 56.1 Å². The van der Waals surface area contributed by atoms with E-state index in [1.165, 1.54) is 0 Å². The Labute approximate surface area is 660 Å². The van der Waals surface area contributed by atoms with Crippen LogP contribution in [0.3, 0.4) is 0 Å². The predicted molar refractivity (Wildman–Crippen MR) is 368 cm³/mol. The summed E-state index contributed by atoms with van der Waals surface area (Å²) in [7, 11) is 0. The van der Waals surface area contributed by atoms with Gasteiger partial charge in [0, 0.05) is 12.3 Å². The van der Waals surface area contributed by atoms with Crippen molar-refractivity contribution in [3.63, 3.8) is 0 Å². The van der Waals surface area contributed by atoms with Crippen LogP contribution in [0.4, 0.5) is 0 Å². The molecule has 0 radical (unpaired) electrons. The molecule has 14 rings (SSSR count). The van der Waals surface area contributed by atoms with Gasteiger partial charge in [-0.3, -0.25) is 0 Å². The number of ether oxygens (including phenoxy) is 18. The van der Waals surface area contributed by atoms with Crippen molar-refractivity contribution in [2.24, 2.45) is 52.3 Å². The fourth-order valence-electron chi connectivity index (χ4n) is 21.5. The van der Waals surface area contributed by atoms with Crippen LogP contribution in [0.5, 0.6) is 0 Å². The van der Waals surface area contributed by atoms with Gasteiger partial charge < -0.3 is 208 Å². The van der Waals surface area contributed by atoms with Crippen molar-refractivity contribution >= 4 is 0 Å². The Morgan fingerprint density at radius 2 is 0.748 bits per heavy atom. The minimum atomic E-state index is -2.48. The number of rotatable bonds is 24. The van der Waals surface area contributed by atoms with Gasteiger partial charge in [0.2, 0.25) is 0 Å². The Balaban J connectivity index is 0.684. The molecule has 664 valence electrons. The summed E-state index contributed by atoms with van der Waals surface area (Å²) < 4.78 is 108. The second kappa shape index (κ2) is 36.1. The van der Waals surface area contributed by atoms with Gasteiger partial charge in [0.25, 0.3) is 0 Å². The number of aliphatic hydroxyl groups excluding tert-OH is 24. The molecule has 1 spiro atoms. The van der Waals surface area contributed by atoms with Crippen molar-refractivity contribution in [2.75, 3.05) is 59.5 Å². The highest BCUT2D eigenvalue weighted by Gasteiger charge is 2.71. The Morgan fingerprint density at radius 3 is 1.28 bits per heavy atom. The van der Waals surface area contributed by atoms with Gasteiger partial charge in [-0.15, -0.1) is 0 Å². The SMILES string of the molecule is C[C@H]1CC[C@@]2(OC1)O[C@H]1C[C@H]3[C@@H]4CC[C@H]5C[C@@H](O[C@@H]6O[C@H](CO)[C@H](O[C@@H]7O[C@H](CO)[C@@H](O)[C@H](O[C@@H]8O[C@H](CO)[C@@H](O)[C@H](O[C@@H]9O[C@H](CO[C@@H]%10O[C@@H](CO)[C@H](O)[C@H]%10O)[C@@H](O)[C@H](O[C@@H]%10O[C@H](CO[C@@H]%11O[C@@H](CO)[C@H](O)[C@H]%11O)[C@@H](O)[C@H](O)[C@H]%10O)[C@H]9O)[C@H]8O)[C@H]7O[C@@H]7O[C@H](CO)[C@H](O)[C@H](O)[C@H]7O)[C@H](O)[C@H]6O)[C@H](O)C[C@]5(C)[C@H]4CC[C@]3(C)[C@H]1[C@@H]2C. The van der Waals surface area contributed by atoms with Gasteiger partial charge in [0.1, 0.15) is 183 Å². The van der Waals surface area contributed by atoms with E-state index in [-0.39, 0.29) is 34.7 Å². The van der Waals surface area contributed by atoms with E-state index in [1.807, 2.05) is 0 Å². The first kappa shape index (κ1) is 89.6. The van der Waals surface area contributed by atoms with E-state index in [2.05, 4.69) is 27.7 Å². The molecule has 0 amide bonds. The molecule has 0 aromatic carbocycles. The first-order valence-corrected chi connectivity index (χ1v) is 40.3. The summed E-state index contributed by atoms with van der Waals surface area (Å²) >= 11 is 0. The molecule has 42 heteroatoms. The van der Waals surface area contributed by atoms with Crippen molar-refractivity contribution in [1.29, 1.82) is 0 Å². The standard InChI is InChI=1S/C73H120O42/c1-23-7-10-73(100-20-23)24(2)40-31(115-73)12-28-26-6-5-25-11-30(29(80)13-72(25,4)27(26)8-9-71(28,40)3)101-65-55(95)50(90)58(37(19-79)107-65)110-70-62(114-66-53(93)48(88)41(81)32(14-74)104-66)61(46(86)36(18-78)106-70)113-68-56(96)59(45(85)35(17-77)105-68)112-69-57(97)60(47(87)39(109-69)22-99-64-52(92)43(83)34(16-76)103-64)111-67-54(94)49(89)44(84)38(108-67)21-98-63-51(91)42(82)33(15-75)102-63/h23-70,74-97H,5-22H2,1-4H3/t23-,24-,25-,26+,27-,28-,29+,30+,31-,32+,33-,34-,35+,36+,37+,38+,39+,40-,41-,42-,43-,44+,45+,46+,47+,48-,49-,50+,51+,52+,53+,54+,55+,56+,57+,58-,59-,60-,61-,62+,63+,64+,65+,66-,67-,68-,69-,70-,71-,72-,73+/m0/s1. The van der Waals surface area contributed by atoms with Crippen LogP contribution in [0.2, 0.25) is 0 Å². The van der Waals surface area contributed by atoms with Crippen molar-refractivity contribution in [3.8, 4) is 0 Å². The highest BCUT2D eigenvalue weighted by molar-refractivity contribution is 5.16.